The fraction of sp³-hybridized carbons (Fsp3) is 0.310. The molecule has 12 nitrogen and oxygen atoms in total. The van der Waals surface area contributed by atoms with Gasteiger partial charge in [-0.05, 0) is 78.3 Å². The van der Waals surface area contributed by atoms with E-state index in [1.54, 1.807) is 36.8 Å². The van der Waals surface area contributed by atoms with Crippen molar-refractivity contribution in [3.05, 3.63) is 109 Å². The Hall–Kier alpha value is -6.17. The molecule has 0 radical (unpaired) electrons. The third-order valence-electron chi connectivity index (χ3n) is 10.9. The average molecular weight is 731 g/mol. The van der Waals surface area contributed by atoms with Crippen LogP contribution in [0.2, 0.25) is 0 Å². The first kappa shape index (κ1) is 34.9. The minimum absolute atomic E-state index is 0.0197. The van der Waals surface area contributed by atoms with Crippen molar-refractivity contribution >= 4 is 22.8 Å². The lowest BCUT2D eigenvalue weighted by atomic mass is 9.85. The van der Waals surface area contributed by atoms with E-state index < -0.39 is 23.5 Å². The highest BCUT2D eigenvalue weighted by molar-refractivity contribution is 5.89. The minimum atomic E-state index is -1.88. The van der Waals surface area contributed by atoms with Crippen LogP contribution in [0, 0.1) is 0 Å². The van der Waals surface area contributed by atoms with Crippen molar-refractivity contribution < 1.29 is 38.0 Å². The Kier molecular flexibility index (Phi) is 8.63. The monoisotopic (exact) mass is 730 g/mol. The van der Waals surface area contributed by atoms with E-state index in [1.807, 2.05) is 36.4 Å². The molecular weight excluding hydrogens is 692 g/mol. The van der Waals surface area contributed by atoms with Gasteiger partial charge in [0.2, 0.25) is 16.8 Å². The molecule has 276 valence electrons. The number of esters is 2. The Labute approximate surface area is 310 Å². The highest BCUT2D eigenvalue weighted by Crippen LogP contribution is 2.51. The van der Waals surface area contributed by atoms with Gasteiger partial charge in [0, 0.05) is 22.1 Å². The zero-order chi connectivity index (χ0) is 37.9. The summed E-state index contributed by atoms with van der Waals surface area (Å²) in [6, 6.07) is 18.2. The molecule has 5 aromatic rings. The second-order valence-electron chi connectivity index (χ2n) is 13.6. The van der Waals surface area contributed by atoms with E-state index in [-0.39, 0.29) is 41.7 Å². The number of fused-ring (bicyclic) bond motifs is 8. The SMILES string of the molecule is CC[C@@]1(OC(=O)C[C@H]2CCc3cc(OC)c(OC)c(OC)c3-c3ccc(OC)c(=O)cc32)C(=O)OCc2c1cc1n(c2=O)Cc2cc3ccccc3nc2-1. The lowest BCUT2D eigenvalue weighted by Crippen LogP contribution is -2.47. The highest BCUT2D eigenvalue weighted by Gasteiger charge is 2.50. The third-order valence-corrected chi connectivity index (χ3v) is 10.9. The average Bonchev–Trinajstić information content (AvgIpc) is 3.36. The summed E-state index contributed by atoms with van der Waals surface area (Å²) in [5.74, 6) is -0.575. The van der Waals surface area contributed by atoms with Crippen LogP contribution < -0.4 is 29.9 Å². The van der Waals surface area contributed by atoms with Gasteiger partial charge < -0.3 is 33.0 Å². The standard InChI is InChI=1S/C42H38N2O10/c1-6-42(29-19-31-37-25(15-23-9-7-8-10-30(23)43-37)20-44(31)40(47)28(29)21-53-41(42)48)54-35(46)17-22-11-12-24-16-34(50-3)38(51-4)39(52-5)36(24)26-13-14-33(49-2)32(45)18-27(22)26/h7-10,13-16,18-19,22H,6,11-12,17,20-21H2,1-5H3/t22-,42+/m1/s1. The molecule has 4 heterocycles. The van der Waals surface area contributed by atoms with E-state index in [9.17, 15) is 19.2 Å². The van der Waals surface area contributed by atoms with E-state index in [4.69, 9.17) is 33.4 Å². The van der Waals surface area contributed by atoms with E-state index in [0.717, 1.165) is 22.0 Å². The maximum absolute atomic E-state index is 14.3. The quantitative estimate of drug-likeness (QED) is 0.175. The Bertz CT molecular complexity index is 2530. The number of hydrogen-bond acceptors (Lipinski definition) is 11. The number of nitrogens with zero attached hydrogens (tertiary/aromatic N) is 2. The number of hydrogen-bond donors (Lipinski definition) is 0. The molecule has 12 heteroatoms. The maximum atomic E-state index is 14.3. The summed E-state index contributed by atoms with van der Waals surface area (Å²) in [5.41, 5.74) is 3.59. The Morgan fingerprint density at radius 3 is 2.43 bits per heavy atom. The molecule has 0 unspecified atom stereocenters. The Morgan fingerprint density at radius 1 is 0.907 bits per heavy atom. The first-order chi connectivity index (χ1) is 26.2. The summed E-state index contributed by atoms with van der Waals surface area (Å²) in [6.07, 6.45) is 0.756. The van der Waals surface area contributed by atoms with Crippen molar-refractivity contribution in [1.29, 1.82) is 0 Å². The van der Waals surface area contributed by atoms with E-state index in [0.29, 0.717) is 70.3 Å². The predicted octanol–water partition coefficient (Wildman–Crippen LogP) is 5.81. The lowest BCUT2D eigenvalue weighted by Gasteiger charge is -2.36. The van der Waals surface area contributed by atoms with E-state index >= 15 is 0 Å². The topological polar surface area (TPSA) is 141 Å². The van der Waals surface area contributed by atoms with Crippen LogP contribution >= 0.6 is 0 Å². The molecule has 1 aliphatic carbocycles. The molecule has 0 saturated heterocycles. The summed E-state index contributed by atoms with van der Waals surface area (Å²) in [4.78, 5) is 60.4. The molecule has 0 N–H and O–H groups in total. The summed E-state index contributed by atoms with van der Waals surface area (Å²) in [7, 11) is 6.01. The number of carbonyl (C=O) groups is 2. The molecule has 3 aliphatic rings. The van der Waals surface area contributed by atoms with Gasteiger partial charge in [0.15, 0.2) is 17.2 Å². The Balaban J connectivity index is 1.21. The normalized spacial score (nSPS) is 17.9. The van der Waals surface area contributed by atoms with Gasteiger partial charge in [0.05, 0.1) is 63.9 Å². The van der Waals surface area contributed by atoms with Gasteiger partial charge in [-0.2, -0.15) is 0 Å². The summed E-state index contributed by atoms with van der Waals surface area (Å²) in [5, 5.41) is 0.952. The van der Waals surface area contributed by atoms with Crippen LogP contribution in [0.3, 0.4) is 0 Å². The summed E-state index contributed by atoms with van der Waals surface area (Å²) < 4.78 is 36.1. The predicted molar refractivity (Wildman–Crippen MR) is 198 cm³/mol. The molecular formula is C42H38N2O10. The summed E-state index contributed by atoms with van der Waals surface area (Å²) in [6.45, 7) is 1.79. The number of para-hydroxylation sites is 1. The van der Waals surface area contributed by atoms with Gasteiger partial charge in [0.25, 0.3) is 5.56 Å². The second kappa shape index (κ2) is 13.4. The molecule has 8 rings (SSSR count). The highest BCUT2D eigenvalue weighted by atomic mass is 16.6. The third kappa shape index (κ3) is 5.30. The minimum Gasteiger partial charge on any atom is -0.493 e. The second-order valence-corrected chi connectivity index (χ2v) is 13.6. The molecule has 0 saturated carbocycles. The van der Waals surface area contributed by atoms with Gasteiger partial charge in [-0.3, -0.25) is 14.4 Å². The number of ether oxygens (including phenoxy) is 6. The fourth-order valence-electron chi connectivity index (χ4n) is 8.28. The van der Waals surface area contributed by atoms with E-state index in [1.165, 1.54) is 27.4 Å². The molecule has 2 aliphatic heterocycles. The zero-order valence-electron chi connectivity index (χ0n) is 30.6. The van der Waals surface area contributed by atoms with Gasteiger partial charge >= 0.3 is 11.9 Å². The molecule has 0 amide bonds. The Morgan fingerprint density at radius 2 is 1.69 bits per heavy atom. The van der Waals surface area contributed by atoms with E-state index in [2.05, 4.69) is 0 Å². The van der Waals surface area contributed by atoms with Gasteiger partial charge in [-0.25, -0.2) is 9.78 Å². The number of aryl methyl sites for hydroxylation is 1. The molecule has 0 fully saturated rings. The number of rotatable bonds is 8. The number of carbonyl (C=O) groups excluding carboxylic acids is 2. The van der Waals surface area contributed by atoms with Crippen LogP contribution in [-0.2, 0) is 44.2 Å². The van der Waals surface area contributed by atoms with Gasteiger partial charge in [0.1, 0.15) is 6.61 Å². The van der Waals surface area contributed by atoms with Crippen LogP contribution in [0.15, 0.2) is 70.3 Å². The maximum Gasteiger partial charge on any atom is 0.355 e. The van der Waals surface area contributed by atoms with Crippen LogP contribution in [-0.4, -0.2) is 49.9 Å². The number of pyridine rings is 2. The number of aromatic nitrogens is 2. The first-order valence-electron chi connectivity index (χ1n) is 17.8. The van der Waals surface area contributed by atoms with Crippen molar-refractivity contribution in [2.75, 3.05) is 28.4 Å². The molecule has 0 spiro atoms. The number of benzene rings is 2. The smallest absolute Gasteiger partial charge is 0.355 e. The van der Waals surface area contributed by atoms with Crippen LogP contribution in [0.1, 0.15) is 59.9 Å². The first-order valence-corrected chi connectivity index (χ1v) is 17.8. The number of cyclic esters (lactones) is 1. The largest absolute Gasteiger partial charge is 0.493 e. The lowest BCUT2D eigenvalue weighted by molar-refractivity contribution is -0.189. The summed E-state index contributed by atoms with van der Waals surface area (Å²) >= 11 is 0. The molecule has 2 aromatic heterocycles. The molecule has 54 heavy (non-hydrogen) atoms. The van der Waals surface area contributed by atoms with Crippen molar-refractivity contribution in [2.45, 2.75) is 57.3 Å². The van der Waals surface area contributed by atoms with Gasteiger partial charge in [-0.1, -0.05) is 31.2 Å². The van der Waals surface area contributed by atoms with Crippen molar-refractivity contribution in [3.8, 4) is 45.5 Å². The fourth-order valence-corrected chi connectivity index (χ4v) is 8.28. The molecule has 0 bridgehead atoms. The van der Waals surface area contributed by atoms with Gasteiger partial charge in [-0.15, -0.1) is 0 Å². The van der Waals surface area contributed by atoms with Crippen LogP contribution in [0.25, 0.3) is 33.4 Å². The molecule has 3 aromatic carbocycles. The van der Waals surface area contributed by atoms with Crippen LogP contribution in [0.4, 0.5) is 0 Å². The molecule has 2 atom stereocenters. The van der Waals surface area contributed by atoms with Crippen molar-refractivity contribution in [1.82, 2.24) is 9.55 Å². The van der Waals surface area contributed by atoms with Crippen LogP contribution in [0.5, 0.6) is 23.0 Å². The van der Waals surface area contributed by atoms with Crippen molar-refractivity contribution in [2.24, 2.45) is 0 Å². The number of methoxy groups -OCH3 is 4. The van der Waals surface area contributed by atoms with Crippen molar-refractivity contribution in [3.63, 3.8) is 0 Å². The zero-order valence-corrected chi connectivity index (χ0v) is 30.6.